The third-order valence-electron chi connectivity index (χ3n) is 3.23. The topological polar surface area (TPSA) is 86.5 Å². The summed E-state index contributed by atoms with van der Waals surface area (Å²) in [5.74, 6) is -0.0699. The molecular weight excluding hydrogens is 266 g/mol. The molecule has 5 nitrogen and oxygen atoms in total. The molecule has 0 saturated carbocycles. The Balaban J connectivity index is 5.07. The Morgan fingerprint density at radius 1 is 1.32 bits per heavy atom. The molecule has 6 heteroatoms. The van der Waals surface area contributed by atoms with E-state index in [2.05, 4.69) is 0 Å². The van der Waals surface area contributed by atoms with Gasteiger partial charge in [-0.05, 0) is 25.7 Å². The first kappa shape index (κ1) is 18.4. The maximum absolute atomic E-state index is 12.1. The van der Waals surface area contributed by atoms with Gasteiger partial charge in [-0.15, -0.1) is 0 Å². The Hall–Kier alpha value is -0.620. The number of carbonyl (C=O) groups is 1. The lowest BCUT2D eigenvalue weighted by molar-refractivity contribution is -0.156. The van der Waals surface area contributed by atoms with Crippen molar-refractivity contribution in [3.05, 3.63) is 0 Å². The van der Waals surface area contributed by atoms with Gasteiger partial charge in [-0.2, -0.15) is 0 Å². The smallest absolute Gasteiger partial charge is 0.313 e. The zero-order chi connectivity index (χ0) is 15.1. The van der Waals surface area contributed by atoms with E-state index in [0.717, 1.165) is 0 Å². The fraction of sp³-hybridized carbons (Fsp3) is 0.923. The zero-order valence-electron chi connectivity index (χ0n) is 12.4. The van der Waals surface area contributed by atoms with Crippen molar-refractivity contribution in [3.8, 4) is 0 Å². The van der Waals surface area contributed by atoms with Gasteiger partial charge in [-0.1, -0.05) is 20.8 Å². The van der Waals surface area contributed by atoms with Crippen molar-refractivity contribution < 1.29 is 17.9 Å². The summed E-state index contributed by atoms with van der Waals surface area (Å²) < 4.78 is 28.4. The van der Waals surface area contributed by atoms with Gasteiger partial charge in [-0.25, -0.2) is 8.42 Å². The minimum Gasteiger partial charge on any atom is -0.466 e. The van der Waals surface area contributed by atoms with Crippen LogP contribution < -0.4 is 5.73 Å². The third-order valence-corrected chi connectivity index (χ3v) is 4.94. The Labute approximate surface area is 116 Å². The summed E-state index contributed by atoms with van der Waals surface area (Å²) in [4.78, 5) is 12.1. The van der Waals surface area contributed by atoms with Crippen LogP contribution in [0.5, 0.6) is 0 Å². The standard InChI is InChI=1S/C13H27NO4S/c1-5-18-12(15)13(10-14,9-11(3)4)7-8-19(16,17)6-2/h11H,5-10,14H2,1-4H3. The van der Waals surface area contributed by atoms with Crippen LogP contribution in [0.2, 0.25) is 0 Å². The minimum atomic E-state index is -3.11. The molecule has 0 amide bonds. The second-order valence-electron chi connectivity index (χ2n) is 5.29. The SMILES string of the molecule is CCOC(=O)C(CN)(CCS(=O)(=O)CC)CC(C)C. The highest BCUT2D eigenvalue weighted by molar-refractivity contribution is 7.91. The number of nitrogens with two attached hydrogens (primary N) is 1. The maximum Gasteiger partial charge on any atom is 0.313 e. The second kappa shape index (κ2) is 7.85. The van der Waals surface area contributed by atoms with Gasteiger partial charge in [0.15, 0.2) is 0 Å². The first-order valence-electron chi connectivity index (χ1n) is 6.80. The monoisotopic (exact) mass is 293 g/mol. The van der Waals surface area contributed by atoms with Crippen molar-refractivity contribution in [2.45, 2.75) is 40.5 Å². The van der Waals surface area contributed by atoms with Crippen LogP contribution in [0.25, 0.3) is 0 Å². The molecule has 0 aliphatic heterocycles. The summed E-state index contributed by atoms with van der Waals surface area (Å²) in [5.41, 5.74) is 4.88. The van der Waals surface area contributed by atoms with Gasteiger partial charge in [0.2, 0.25) is 0 Å². The summed E-state index contributed by atoms with van der Waals surface area (Å²) in [5, 5.41) is 0. The summed E-state index contributed by atoms with van der Waals surface area (Å²) in [6, 6.07) is 0. The van der Waals surface area contributed by atoms with E-state index in [1.807, 2.05) is 13.8 Å². The zero-order valence-corrected chi connectivity index (χ0v) is 13.3. The first-order chi connectivity index (χ1) is 8.73. The van der Waals surface area contributed by atoms with Crippen LogP contribution in [-0.4, -0.2) is 39.0 Å². The molecule has 0 aromatic heterocycles. The quantitative estimate of drug-likeness (QED) is 0.649. The molecule has 19 heavy (non-hydrogen) atoms. The van der Waals surface area contributed by atoms with Gasteiger partial charge in [-0.3, -0.25) is 4.79 Å². The summed E-state index contributed by atoms with van der Waals surface area (Å²) >= 11 is 0. The molecule has 1 atom stereocenters. The van der Waals surface area contributed by atoms with Crippen LogP contribution in [0.15, 0.2) is 0 Å². The van der Waals surface area contributed by atoms with E-state index in [9.17, 15) is 13.2 Å². The van der Waals surface area contributed by atoms with E-state index in [4.69, 9.17) is 10.5 Å². The average molecular weight is 293 g/mol. The normalized spacial score (nSPS) is 15.3. The van der Waals surface area contributed by atoms with Gasteiger partial charge in [0.1, 0.15) is 9.84 Å². The first-order valence-corrected chi connectivity index (χ1v) is 8.63. The van der Waals surface area contributed by atoms with Gasteiger partial charge >= 0.3 is 5.97 Å². The molecule has 0 bridgehead atoms. The molecule has 0 aliphatic carbocycles. The lowest BCUT2D eigenvalue weighted by atomic mass is 9.78. The molecule has 0 radical (unpaired) electrons. The van der Waals surface area contributed by atoms with Crippen LogP contribution in [0.3, 0.4) is 0 Å². The predicted molar refractivity (Wildman–Crippen MR) is 76.5 cm³/mol. The number of esters is 1. The van der Waals surface area contributed by atoms with Crippen LogP contribution in [0, 0.1) is 11.3 Å². The van der Waals surface area contributed by atoms with Crippen molar-refractivity contribution in [1.82, 2.24) is 0 Å². The molecule has 0 heterocycles. The van der Waals surface area contributed by atoms with Gasteiger partial charge < -0.3 is 10.5 Å². The lowest BCUT2D eigenvalue weighted by Gasteiger charge is -2.31. The summed E-state index contributed by atoms with van der Waals surface area (Å²) in [6.45, 7) is 7.70. The van der Waals surface area contributed by atoms with E-state index in [-0.39, 0.29) is 43.0 Å². The Bertz CT molecular complexity index is 378. The molecule has 2 N–H and O–H groups in total. The fourth-order valence-electron chi connectivity index (χ4n) is 2.12. The molecule has 1 unspecified atom stereocenters. The third kappa shape index (κ3) is 5.91. The highest BCUT2D eigenvalue weighted by Crippen LogP contribution is 2.32. The van der Waals surface area contributed by atoms with Gasteiger partial charge in [0, 0.05) is 12.3 Å². The number of carbonyl (C=O) groups excluding carboxylic acids is 1. The minimum absolute atomic E-state index is 0.0216. The Morgan fingerprint density at radius 3 is 2.26 bits per heavy atom. The van der Waals surface area contributed by atoms with Crippen molar-refractivity contribution >= 4 is 15.8 Å². The highest BCUT2D eigenvalue weighted by atomic mass is 32.2. The van der Waals surface area contributed by atoms with Crippen molar-refractivity contribution in [2.24, 2.45) is 17.1 Å². The second-order valence-corrected chi connectivity index (χ2v) is 7.76. The lowest BCUT2D eigenvalue weighted by Crippen LogP contribution is -2.42. The fourth-order valence-corrected chi connectivity index (χ4v) is 3.11. The van der Waals surface area contributed by atoms with Gasteiger partial charge in [0.05, 0.1) is 17.8 Å². The van der Waals surface area contributed by atoms with Crippen LogP contribution in [0.1, 0.15) is 40.5 Å². The van der Waals surface area contributed by atoms with Crippen LogP contribution in [-0.2, 0) is 19.4 Å². The summed E-state index contributed by atoms with van der Waals surface area (Å²) in [7, 11) is -3.11. The Morgan fingerprint density at radius 2 is 1.89 bits per heavy atom. The number of hydrogen-bond donors (Lipinski definition) is 1. The average Bonchev–Trinajstić information content (AvgIpc) is 2.34. The largest absolute Gasteiger partial charge is 0.466 e. The van der Waals surface area contributed by atoms with E-state index >= 15 is 0 Å². The molecule has 0 spiro atoms. The molecule has 0 aromatic rings. The van der Waals surface area contributed by atoms with Crippen molar-refractivity contribution in [2.75, 3.05) is 24.7 Å². The maximum atomic E-state index is 12.1. The van der Waals surface area contributed by atoms with E-state index in [1.165, 1.54) is 0 Å². The van der Waals surface area contributed by atoms with Crippen LogP contribution in [0.4, 0.5) is 0 Å². The Kier molecular flexibility index (Phi) is 7.59. The van der Waals surface area contributed by atoms with Crippen molar-refractivity contribution in [3.63, 3.8) is 0 Å². The molecular formula is C13H27NO4S. The molecule has 0 aliphatic rings. The molecule has 0 fully saturated rings. The molecule has 0 saturated heterocycles. The number of sulfone groups is 1. The van der Waals surface area contributed by atoms with Crippen molar-refractivity contribution in [1.29, 1.82) is 0 Å². The predicted octanol–water partition coefficient (Wildman–Crippen LogP) is 1.37. The van der Waals surface area contributed by atoms with Crippen LogP contribution >= 0.6 is 0 Å². The number of ether oxygens (including phenoxy) is 1. The molecule has 114 valence electrons. The summed E-state index contributed by atoms with van der Waals surface area (Å²) in [6.07, 6.45) is 0.776. The van der Waals surface area contributed by atoms with E-state index in [1.54, 1.807) is 13.8 Å². The molecule has 0 rings (SSSR count). The number of rotatable bonds is 9. The number of hydrogen-bond acceptors (Lipinski definition) is 5. The molecule has 0 aromatic carbocycles. The van der Waals surface area contributed by atoms with Gasteiger partial charge in [0.25, 0.3) is 0 Å². The van der Waals surface area contributed by atoms with E-state index < -0.39 is 15.3 Å². The van der Waals surface area contributed by atoms with E-state index in [0.29, 0.717) is 6.42 Å². The highest BCUT2D eigenvalue weighted by Gasteiger charge is 2.39.